The van der Waals surface area contributed by atoms with Crippen LogP contribution in [0.1, 0.15) is 41.1 Å². The van der Waals surface area contributed by atoms with Gasteiger partial charge in [0.05, 0.1) is 18.9 Å². The minimum Gasteiger partial charge on any atom is -0.497 e. The molecule has 5 rings (SSSR count). The molecule has 0 radical (unpaired) electrons. The zero-order valence-corrected chi connectivity index (χ0v) is 21.8. The van der Waals surface area contributed by atoms with E-state index in [1.807, 2.05) is 60.5 Å². The van der Waals surface area contributed by atoms with E-state index < -0.39 is 5.25 Å². The molecule has 188 valence electrons. The van der Waals surface area contributed by atoms with Crippen LogP contribution in [0.5, 0.6) is 5.75 Å². The van der Waals surface area contributed by atoms with Gasteiger partial charge in [-0.3, -0.25) is 9.59 Å². The van der Waals surface area contributed by atoms with E-state index in [0.717, 1.165) is 28.2 Å². The maximum absolute atomic E-state index is 12.8. The van der Waals surface area contributed by atoms with Gasteiger partial charge in [0.1, 0.15) is 11.0 Å². The smallest absolute Gasteiger partial charge is 0.262 e. The molecule has 0 saturated heterocycles. The second kappa shape index (κ2) is 10.6. The van der Waals surface area contributed by atoms with Gasteiger partial charge in [-0.15, -0.1) is 0 Å². The molecule has 0 unspecified atom stereocenters. The number of amidine groups is 1. The lowest BCUT2D eigenvalue weighted by atomic mass is 9.98. The maximum atomic E-state index is 12.8. The van der Waals surface area contributed by atoms with E-state index in [4.69, 9.17) is 9.84 Å². The number of amides is 2. The van der Waals surface area contributed by atoms with Crippen molar-refractivity contribution in [3.63, 3.8) is 0 Å². The lowest BCUT2D eigenvalue weighted by molar-refractivity contribution is -0.121. The van der Waals surface area contributed by atoms with Crippen LogP contribution < -0.4 is 10.1 Å². The molecule has 2 aliphatic rings. The van der Waals surface area contributed by atoms with Crippen molar-refractivity contribution < 1.29 is 14.3 Å². The molecular weight excluding hydrogens is 484 g/mol. The van der Waals surface area contributed by atoms with Gasteiger partial charge in [0.25, 0.3) is 5.91 Å². The molecule has 37 heavy (non-hydrogen) atoms. The maximum Gasteiger partial charge on any atom is 0.262 e. The van der Waals surface area contributed by atoms with Gasteiger partial charge in [0, 0.05) is 18.5 Å². The summed E-state index contributed by atoms with van der Waals surface area (Å²) in [5.74, 6) is 0.254. The minimum absolute atomic E-state index is 0.0442. The van der Waals surface area contributed by atoms with Gasteiger partial charge < -0.3 is 10.1 Å². The average molecular weight is 513 g/mol. The van der Waals surface area contributed by atoms with Crippen LogP contribution in [0.2, 0.25) is 0 Å². The van der Waals surface area contributed by atoms with Crippen LogP contribution in [0.4, 0.5) is 5.69 Å². The number of carbonyl (C=O) groups excluding carboxylic acids is 2. The predicted molar refractivity (Wildman–Crippen MR) is 148 cm³/mol. The summed E-state index contributed by atoms with van der Waals surface area (Å²) in [5, 5.41) is 9.57. The number of hydrogen-bond donors (Lipinski definition) is 1. The number of rotatable bonds is 6. The van der Waals surface area contributed by atoms with Gasteiger partial charge in [0.2, 0.25) is 5.91 Å². The summed E-state index contributed by atoms with van der Waals surface area (Å²) >= 11 is 1.30. The van der Waals surface area contributed by atoms with Crippen molar-refractivity contribution in [1.82, 2.24) is 5.01 Å². The van der Waals surface area contributed by atoms with Crippen molar-refractivity contribution in [3.8, 4) is 5.75 Å². The molecular formula is C29H28N4O3S. The molecule has 2 heterocycles. The Balaban J connectivity index is 1.35. The first-order chi connectivity index (χ1) is 17.9. The lowest BCUT2D eigenvalue weighted by Crippen LogP contribution is -2.25. The van der Waals surface area contributed by atoms with Gasteiger partial charge in [-0.25, -0.2) is 5.01 Å². The van der Waals surface area contributed by atoms with Gasteiger partial charge >= 0.3 is 0 Å². The Hall–Kier alpha value is -3.91. The summed E-state index contributed by atoms with van der Waals surface area (Å²) in [6, 6.07) is 23.6. The van der Waals surface area contributed by atoms with Crippen LogP contribution >= 0.6 is 11.8 Å². The third kappa shape index (κ3) is 5.59. The number of carbonyl (C=O) groups is 2. The van der Waals surface area contributed by atoms with Crippen molar-refractivity contribution in [2.45, 2.75) is 38.0 Å². The Kier molecular flexibility index (Phi) is 7.10. The summed E-state index contributed by atoms with van der Waals surface area (Å²) < 4.78 is 5.29. The van der Waals surface area contributed by atoms with Crippen molar-refractivity contribution in [2.75, 3.05) is 12.4 Å². The Morgan fingerprint density at radius 3 is 2.51 bits per heavy atom. The van der Waals surface area contributed by atoms with E-state index >= 15 is 0 Å². The number of thioether (sulfide) groups is 1. The Morgan fingerprint density at radius 2 is 1.81 bits per heavy atom. The summed E-state index contributed by atoms with van der Waals surface area (Å²) in [6.45, 7) is 4.02. The molecule has 0 spiro atoms. The highest BCUT2D eigenvalue weighted by molar-refractivity contribution is 8.15. The zero-order chi connectivity index (χ0) is 25.9. The third-order valence-corrected chi connectivity index (χ3v) is 7.54. The second-order valence-electron chi connectivity index (χ2n) is 9.21. The SMILES string of the molecule is COc1ccc(C2=NN(C3=NC(=O)[C@H](CC(=O)Nc4cccc(C)c4)S3)[C@@H](c3ccc(C)cc3)C2)cc1. The van der Waals surface area contributed by atoms with Gasteiger partial charge in [-0.05, 0) is 66.9 Å². The number of hydrazone groups is 1. The quantitative estimate of drug-likeness (QED) is 0.472. The van der Waals surface area contributed by atoms with E-state index in [1.165, 1.54) is 17.3 Å². The van der Waals surface area contributed by atoms with Crippen LogP contribution in [0.25, 0.3) is 0 Å². The molecule has 2 amide bonds. The Bertz CT molecular complexity index is 1380. The molecule has 0 bridgehead atoms. The highest BCUT2D eigenvalue weighted by Crippen LogP contribution is 2.38. The van der Waals surface area contributed by atoms with E-state index in [9.17, 15) is 9.59 Å². The zero-order valence-electron chi connectivity index (χ0n) is 21.0. The predicted octanol–water partition coefficient (Wildman–Crippen LogP) is 5.49. The van der Waals surface area contributed by atoms with Crippen molar-refractivity contribution in [2.24, 2.45) is 10.1 Å². The van der Waals surface area contributed by atoms with Crippen molar-refractivity contribution in [3.05, 3.63) is 95.1 Å². The monoisotopic (exact) mass is 512 g/mol. The second-order valence-corrected chi connectivity index (χ2v) is 10.4. The number of nitrogens with one attached hydrogen (secondary N) is 1. The summed E-state index contributed by atoms with van der Waals surface area (Å²) in [4.78, 5) is 29.8. The molecule has 0 aliphatic carbocycles. The topological polar surface area (TPSA) is 83.4 Å². The fraction of sp³-hybridized carbons (Fsp3) is 0.241. The highest BCUT2D eigenvalue weighted by Gasteiger charge is 2.39. The van der Waals surface area contributed by atoms with Crippen LogP contribution in [0.15, 0.2) is 82.9 Å². The van der Waals surface area contributed by atoms with Crippen LogP contribution in [0, 0.1) is 13.8 Å². The van der Waals surface area contributed by atoms with Crippen molar-refractivity contribution >= 4 is 40.1 Å². The van der Waals surface area contributed by atoms with Crippen molar-refractivity contribution in [1.29, 1.82) is 0 Å². The standard InChI is InChI=1S/C29H28N4O3S/c1-18-7-9-21(10-8-18)25-16-24(20-11-13-23(36-3)14-12-20)32-33(25)29-31-28(35)26(37-29)17-27(34)30-22-6-4-5-19(2)15-22/h4-15,25-26H,16-17H2,1-3H3,(H,30,34)/t25-,26+/m1/s1. The fourth-order valence-electron chi connectivity index (χ4n) is 4.40. The third-order valence-electron chi connectivity index (χ3n) is 6.39. The van der Waals surface area contributed by atoms with E-state index in [2.05, 4.69) is 41.5 Å². The fourth-order valence-corrected chi connectivity index (χ4v) is 5.46. The normalized spacial score (nSPS) is 19.0. The van der Waals surface area contributed by atoms with Crippen LogP contribution in [-0.2, 0) is 9.59 Å². The molecule has 7 nitrogen and oxygen atoms in total. The number of ether oxygens (including phenoxy) is 1. The summed E-state index contributed by atoms with van der Waals surface area (Å²) in [6.07, 6.45) is 0.713. The lowest BCUT2D eigenvalue weighted by Gasteiger charge is -2.23. The molecule has 0 aromatic heterocycles. The Morgan fingerprint density at radius 1 is 1.05 bits per heavy atom. The molecule has 8 heteroatoms. The molecule has 1 N–H and O–H groups in total. The number of methoxy groups -OCH3 is 1. The molecule has 3 aromatic rings. The number of benzene rings is 3. The first kappa shape index (κ1) is 24.8. The number of aryl methyl sites for hydroxylation is 2. The van der Waals surface area contributed by atoms with Crippen LogP contribution in [0.3, 0.4) is 0 Å². The molecule has 0 fully saturated rings. The number of hydrogen-bond acceptors (Lipinski definition) is 6. The number of aliphatic imine (C=N–C) groups is 1. The number of nitrogens with zero attached hydrogens (tertiary/aromatic N) is 3. The minimum atomic E-state index is -0.585. The first-order valence-corrected chi connectivity index (χ1v) is 13.0. The molecule has 2 aliphatic heterocycles. The highest BCUT2D eigenvalue weighted by atomic mass is 32.2. The van der Waals surface area contributed by atoms with E-state index in [0.29, 0.717) is 17.3 Å². The summed E-state index contributed by atoms with van der Waals surface area (Å²) in [5.41, 5.74) is 5.93. The van der Waals surface area contributed by atoms with Crippen LogP contribution in [-0.4, -0.2) is 40.1 Å². The molecule has 3 aromatic carbocycles. The molecule has 0 saturated carbocycles. The Labute approximate surface area is 220 Å². The van der Waals surface area contributed by atoms with E-state index in [-0.39, 0.29) is 24.3 Å². The first-order valence-electron chi connectivity index (χ1n) is 12.1. The summed E-state index contributed by atoms with van der Waals surface area (Å²) in [7, 11) is 1.64. The average Bonchev–Trinajstić information content (AvgIpc) is 3.48. The van der Waals surface area contributed by atoms with E-state index in [1.54, 1.807) is 7.11 Å². The van der Waals surface area contributed by atoms with Gasteiger partial charge in [0.15, 0.2) is 5.17 Å². The number of anilines is 1. The largest absolute Gasteiger partial charge is 0.497 e. The van der Waals surface area contributed by atoms with Gasteiger partial charge in [-0.1, -0.05) is 53.7 Å². The van der Waals surface area contributed by atoms with Gasteiger partial charge in [-0.2, -0.15) is 10.1 Å². The molecule has 2 atom stereocenters.